The summed E-state index contributed by atoms with van der Waals surface area (Å²) in [5.74, 6) is 1.69. The third-order valence-corrected chi connectivity index (χ3v) is 6.93. The average Bonchev–Trinajstić information content (AvgIpc) is 3.33. The Hall–Kier alpha value is -3.10. The molecule has 5 rings (SSSR count). The van der Waals surface area contributed by atoms with Crippen molar-refractivity contribution in [1.29, 1.82) is 0 Å². The van der Waals surface area contributed by atoms with Crippen molar-refractivity contribution in [3.8, 4) is 11.6 Å². The Kier molecular flexibility index (Phi) is 5.71. The number of hydrogen-bond acceptors (Lipinski definition) is 7. The van der Waals surface area contributed by atoms with Gasteiger partial charge in [-0.05, 0) is 43.7 Å². The summed E-state index contributed by atoms with van der Waals surface area (Å²) in [6.07, 6.45) is 0. The number of piperazine rings is 1. The Bertz CT molecular complexity index is 1180. The lowest BCUT2D eigenvalue weighted by molar-refractivity contribution is 0.211. The standard InChI is InChI=1S/C24H27N5O2S/c1-3-31-20-11-9-18(10-12-20)21(22-23(30)29-24(32-22)25-17(2)26-29)28-15-13-27(14-16-28)19-7-5-4-6-8-19/h4-12,21,30H,3,13-16H2,1-2H3/t21-/m1/s1. The van der Waals surface area contributed by atoms with Crippen LogP contribution in [0.1, 0.15) is 29.2 Å². The summed E-state index contributed by atoms with van der Waals surface area (Å²) in [5, 5.41) is 15.4. The molecule has 2 aromatic carbocycles. The van der Waals surface area contributed by atoms with Crippen molar-refractivity contribution in [3.63, 3.8) is 0 Å². The van der Waals surface area contributed by atoms with Crippen LogP contribution in [0.3, 0.4) is 0 Å². The lowest BCUT2D eigenvalue weighted by atomic mass is 10.0. The highest BCUT2D eigenvalue weighted by Gasteiger charge is 2.31. The number of hydrogen-bond donors (Lipinski definition) is 1. The topological polar surface area (TPSA) is 66.1 Å². The first-order valence-corrected chi connectivity index (χ1v) is 11.8. The molecule has 0 aliphatic carbocycles. The number of ether oxygens (including phenoxy) is 1. The molecule has 2 aromatic heterocycles. The molecule has 0 unspecified atom stereocenters. The quantitative estimate of drug-likeness (QED) is 0.478. The second kappa shape index (κ2) is 8.80. The molecule has 32 heavy (non-hydrogen) atoms. The predicted octanol–water partition coefficient (Wildman–Crippen LogP) is 4.12. The van der Waals surface area contributed by atoms with E-state index in [2.05, 4.69) is 56.3 Å². The summed E-state index contributed by atoms with van der Waals surface area (Å²) in [4.78, 5) is 10.9. The van der Waals surface area contributed by atoms with Crippen LogP contribution in [0.2, 0.25) is 0 Å². The lowest BCUT2D eigenvalue weighted by Gasteiger charge is -2.40. The second-order valence-electron chi connectivity index (χ2n) is 7.91. The third kappa shape index (κ3) is 3.91. The second-order valence-corrected chi connectivity index (χ2v) is 8.92. The molecule has 4 aromatic rings. The Morgan fingerprint density at radius 1 is 1.03 bits per heavy atom. The summed E-state index contributed by atoms with van der Waals surface area (Å²) in [5.41, 5.74) is 2.38. The van der Waals surface area contributed by atoms with E-state index in [-0.39, 0.29) is 11.9 Å². The summed E-state index contributed by atoms with van der Waals surface area (Å²) < 4.78 is 7.19. The maximum Gasteiger partial charge on any atom is 0.230 e. The van der Waals surface area contributed by atoms with Crippen LogP contribution in [0.4, 0.5) is 5.69 Å². The number of thiazole rings is 1. The summed E-state index contributed by atoms with van der Waals surface area (Å²) in [7, 11) is 0. The number of aryl methyl sites for hydroxylation is 1. The van der Waals surface area contributed by atoms with Gasteiger partial charge in [0.2, 0.25) is 10.8 Å². The molecular formula is C24H27N5O2S. The molecule has 1 aliphatic heterocycles. The van der Waals surface area contributed by atoms with Crippen LogP contribution in [-0.4, -0.2) is 57.4 Å². The first-order valence-electron chi connectivity index (χ1n) is 11.0. The number of anilines is 1. The van der Waals surface area contributed by atoms with E-state index in [0.717, 1.165) is 42.4 Å². The highest BCUT2D eigenvalue weighted by Crippen LogP contribution is 2.40. The normalized spacial score (nSPS) is 15.9. The summed E-state index contributed by atoms with van der Waals surface area (Å²) in [6.45, 7) is 8.09. The third-order valence-electron chi connectivity index (χ3n) is 5.86. The van der Waals surface area contributed by atoms with Gasteiger partial charge in [0, 0.05) is 31.9 Å². The molecule has 1 N–H and O–H groups in total. The molecule has 3 heterocycles. The number of aromatic nitrogens is 3. The van der Waals surface area contributed by atoms with E-state index in [4.69, 9.17) is 4.74 Å². The highest BCUT2D eigenvalue weighted by atomic mass is 32.1. The van der Waals surface area contributed by atoms with Crippen LogP contribution in [0, 0.1) is 6.92 Å². The van der Waals surface area contributed by atoms with E-state index in [1.54, 1.807) is 4.52 Å². The first-order chi connectivity index (χ1) is 15.6. The minimum Gasteiger partial charge on any atom is -0.494 e. The maximum absolute atomic E-state index is 11.0. The van der Waals surface area contributed by atoms with Gasteiger partial charge in [0.05, 0.1) is 17.5 Å². The molecule has 0 radical (unpaired) electrons. The molecule has 0 saturated carbocycles. The Morgan fingerprint density at radius 2 is 1.75 bits per heavy atom. The smallest absolute Gasteiger partial charge is 0.230 e. The predicted molar refractivity (Wildman–Crippen MR) is 127 cm³/mol. The fourth-order valence-electron chi connectivity index (χ4n) is 4.34. The van der Waals surface area contributed by atoms with Crippen molar-refractivity contribution in [1.82, 2.24) is 19.5 Å². The Morgan fingerprint density at radius 3 is 2.41 bits per heavy atom. The van der Waals surface area contributed by atoms with Crippen LogP contribution in [0.25, 0.3) is 4.96 Å². The van der Waals surface area contributed by atoms with E-state index < -0.39 is 0 Å². The summed E-state index contributed by atoms with van der Waals surface area (Å²) >= 11 is 1.51. The molecule has 7 nitrogen and oxygen atoms in total. The van der Waals surface area contributed by atoms with E-state index in [0.29, 0.717) is 17.4 Å². The molecule has 1 saturated heterocycles. The molecule has 1 aliphatic rings. The van der Waals surface area contributed by atoms with Crippen LogP contribution < -0.4 is 9.64 Å². The van der Waals surface area contributed by atoms with Crippen LogP contribution >= 0.6 is 11.3 Å². The van der Waals surface area contributed by atoms with E-state index >= 15 is 0 Å². The Labute approximate surface area is 191 Å². The molecule has 0 amide bonds. The minimum absolute atomic E-state index is 0.0718. The summed E-state index contributed by atoms with van der Waals surface area (Å²) in [6, 6.07) is 18.7. The van der Waals surface area contributed by atoms with Gasteiger partial charge < -0.3 is 14.7 Å². The van der Waals surface area contributed by atoms with Gasteiger partial charge >= 0.3 is 0 Å². The van der Waals surface area contributed by atoms with E-state index in [9.17, 15) is 5.11 Å². The fourth-order valence-corrected chi connectivity index (χ4v) is 5.51. The molecular weight excluding hydrogens is 422 g/mol. The first kappa shape index (κ1) is 20.8. The zero-order chi connectivity index (χ0) is 22.1. The SMILES string of the molecule is CCOc1ccc([C@H](c2sc3nc(C)nn3c2O)N2CCN(c3ccccc3)CC2)cc1. The van der Waals surface area contributed by atoms with Gasteiger partial charge in [0.25, 0.3) is 0 Å². The van der Waals surface area contributed by atoms with Crippen molar-refractivity contribution in [3.05, 3.63) is 70.9 Å². The average molecular weight is 450 g/mol. The molecule has 8 heteroatoms. The Balaban J connectivity index is 1.47. The van der Waals surface area contributed by atoms with Crippen molar-refractivity contribution in [2.75, 3.05) is 37.7 Å². The van der Waals surface area contributed by atoms with Gasteiger partial charge in [-0.2, -0.15) is 4.52 Å². The van der Waals surface area contributed by atoms with Crippen LogP contribution in [0.15, 0.2) is 54.6 Å². The zero-order valence-electron chi connectivity index (χ0n) is 18.3. The van der Waals surface area contributed by atoms with Crippen molar-refractivity contribution >= 4 is 22.0 Å². The molecule has 1 atom stereocenters. The van der Waals surface area contributed by atoms with Crippen LogP contribution in [0.5, 0.6) is 11.6 Å². The molecule has 0 spiro atoms. The van der Waals surface area contributed by atoms with Gasteiger partial charge in [-0.15, -0.1) is 5.10 Å². The number of aromatic hydroxyl groups is 1. The number of para-hydroxylation sites is 1. The van der Waals surface area contributed by atoms with Crippen molar-refractivity contribution in [2.24, 2.45) is 0 Å². The van der Waals surface area contributed by atoms with E-state index in [1.807, 2.05) is 32.0 Å². The monoisotopic (exact) mass is 449 g/mol. The van der Waals surface area contributed by atoms with Gasteiger partial charge in [0.15, 0.2) is 0 Å². The van der Waals surface area contributed by atoms with Gasteiger partial charge in [-0.25, -0.2) is 4.98 Å². The number of fused-ring (bicyclic) bond motifs is 1. The molecule has 0 bridgehead atoms. The van der Waals surface area contributed by atoms with Gasteiger partial charge in [-0.1, -0.05) is 41.7 Å². The van der Waals surface area contributed by atoms with Gasteiger partial charge in [-0.3, -0.25) is 4.90 Å². The molecule has 1 fully saturated rings. The largest absolute Gasteiger partial charge is 0.494 e. The van der Waals surface area contributed by atoms with Gasteiger partial charge in [0.1, 0.15) is 11.6 Å². The highest BCUT2D eigenvalue weighted by molar-refractivity contribution is 7.17. The number of benzene rings is 2. The zero-order valence-corrected chi connectivity index (χ0v) is 19.1. The van der Waals surface area contributed by atoms with Crippen LogP contribution in [-0.2, 0) is 0 Å². The van der Waals surface area contributed by atoms with E-state index in [1.165, 1.54) is 17.0 Å². The maximum atomic E-state index is 11.0. The lowest BCUT2D eigenvalue weighted by Crippen LogP contribution is -2.47. The van der Waals surface area contributed by atoms with Crippen molar-refractivity contribution in [2.45, 2.75) is 19.9 Å². The molecule has 166 valence electrons. The number of rotatable bonds is 6. The minimum atomic E-state index is -0.0718. The van der Waals surface area contributed by atoms with Crippen molar-refractivity contribution < 1.29 is 9.84 Å². The number of nitrogens with zero attached hydrogens (tertiary/aromatic N) is 5. The fraction of sp³-hybridized carbons (Fsp3) is 0.333.